The highest BCUT2D eigenvalue weighted by molar-refractivity contribution is 5.78. The van der Waals surface area contributed by atoms with Crippen molar-refractivity contribution in [2.45, 2.75) is 70.8 Å². The summed E-state index contributed by atoms with van der Waals surface area (Å²) in [6, 6.07) is 8.55. The van der Waals surface area contributed by atoms with E-state index in [1.54, 1.807) is 0 Å². The van der Waals surface area contributed by atoms with Crippen molar-refractivity contribution in [3.63, 3.8) is 0 Å². The topological polar surface area (TPSA) is 145 Å². The fourth-order valence-electron chi connectivity index (χ4n) is 7.08. The minimum Gasteiger partial charge on any atom is -0.508 e. The normalized spacial score (nSPS) is 28.6. The van der Waals surface area contributed by atoms with Gasteiger partial charge in [0.05, 0.1) is 18.8 Å². The molecule has 1 aromatic carbocycles. The van der Waals surface area contributed by atoms with Crippen LogP contribution in [0.1, 0.15) is 75.2 Å². The zero-order chi connectivity index (χ0) is 28.4. The minimum absolute atomic E-state index is 0.0477. The van der Waals surface area contributed by atoms with Crippen molar-refractivity contribution < 1.29 is 33.5 Å². The third-order valence-corrected chi connectivity index (χ3v) is 9.04. The molecule has 1 saturated heterocycles. The van der Waals surface area contributed by atoms with Crippen LogP contribution in [0.15, 0.2) is 39.9 Å². The lowest BCUT2D eigenvalue weighted by molar-refractivity contribution is -0.402. The van der Waals surface area contributed by atoms with Crippen LogP contribution in [0.3, 0.4) is 0 Å². The summed E-state index contributed by atoms with van der Waals surface area (Å²) in [4.78, 5) is 32.4. The highest BCUT2D eigenvalue weighted by atomic mass is 16.6. The van der Waals surface area contributed by atoms with Gasteiger partial charge < -0.3 is 19.0 Å². The lowest BCUT2D eigenvalue weighted by Gasteiger charge is -2.50. The molecule has 1 aromatic heterocycles. The Morgan fingerprint density at radius 1 is 1.27 bits per heavy atom. The van der Waals surface area contributed by atoms with Gasteiger partial charge in [-0.05, 0) is 85.6 Å². The molecule has 2 aromatic rings. The van der Waals surface area contributed by atoms with Crippen molar-refractivity contribution in [1.82, 2.24) is 5.01 Å². The van der Waals surface area contributed by atoms with Crippen LogP contribution in [-0.2, 0) is 20.7 Å². The molecule has 0 radical (unpaired) electrons. The first-order valence-electron chi connectivity index (χ1n) is 13.9. The monoisotopic (exact) mass is 553 g/mol. The van der Waals surface area contributed by atoms with Crippen LogP contribution in [-0.4, -0.2) is 52.6 Å². The molecule has 0 spiro atoms. The molecule has 40 heavy (non-hydrogen) atoms. The van der Waals surface area contributed by atoms with E-state index < -0.39 is 11.0 Å². The third kappa shape index (κ3) is 5.41. The number of aromatic hydroxyl groups is 1. The Kier molecular flexibility index (Phi) is 7.82. The van der Waals surface area contributed by atoms with Crippen LogP contribution >= 0.6 is 0 Å². The van der Waals surface area contributed by atoms with Crippen molar-refractivity contribution in [2.24, 2.45) is 22.4 Å². The Morgan fingerprint density at radius 2 is 2.10 bits per heavy atom. The molecule has 11 nitrogen and oxygen atoms in total. The number of phenolic OH excluding ortho intramolecular Hbond substituents is 1. The number of fused-ring (bicyclic) bond motifs is 5. The molecule has 2 saturated carbocycles. The number of nitro groups is 1. The van der Waals surface area contributed by atoms with Crippen LogP contribution in [0, 0.1) is 27.4 Å². The van der Waals surface area contributed by atoms with Gasteiger partial charge in [0, 0.05) is 11.8 Å². The van der Waals surface area contributed by atoms with E-state index in [1.165, 1.54) is 48.7 Å². The van der Waals surface area contributed by atoms with Crippen LogP contribution in [0.4, 0.5) is 10.7 Å². The number of furan rings is 1. The van der Waals surface area contributed by atoms with Crippen LogP contribution in [0.5, 0.6) is 5.75 Å². The summed E-state index contributed by atoms with van der Waals surface area (Å²) in [5.41, 5.74) is 2.95. The Hall–Kier alpha value is -3.89. The summed E-state index contributed by atoms with van der Waals surface area (Å²) in [7, 11) is 0. The van der Waals surface area contributed by atoms with E-state index in [1.807, 2.05) is 19.1 Å². The van der Waals surface area contributed by atoms with Crippen molar-refractivity contribution in [3.05, 3.63) is 57.3 Å². The maximum absolute atomic E-state index is 11.8. The van der Waals surface area contributed by atoms with Gasteiger partial charge in [0.1, 0.15) is 23.4 Å². The van der Waals surface area contributed by atoms with Crippen molar-refractivity contribution in [1.29, 1.82) is 0 Å². The minimum atomic E-state index is -0.651. The number of hydrogen-bond donors (Lipinski definition) is 1. The SMILES string of the molecule is CCC(=O)OC1CCC2C3CCc4cc(O)ccc4C3CCC12C.O=C1OCCN1N=Cc1ccc([N+](=O)[O-])o1. The molecule has 4 aliphatic rings. The van der Waals surface area contributed by atoms with E-state index in [2.05, 4.69) is 22.8 Å². The number of cyclic esters (lactones) is 1. The second kappa shape index (κ2) is 11.3. The molecule has 1 amide bonds. The number of phenols is 1. The number of ether oxygens (including phenoxy) is 2. The number of rotatable bonds is 5. The van der Waals surface area contributed by atoms with Crippen molar-refractivity contribution in [3.8, 4) is 5.75 Å². The van der Waals surface area contributed by atoms with Gasteiger partial charge in [-0.3, -0.25) is 14.9 Å². The fraction of sp³-hybridized carbons (Fsp3) is 0.552. The van der Waals surface area contributed by atoms with Gasteiger partial charge in [-0.1, -0.05) is 19.9 Å². The van der Waals surface area contributed by atoms with E-state index in [0.29, 0.717) is 36.5 Å². The van der Waals surface area contributed by atoms with Crippen LogP contribution in [0.2, 0.25) is 0 Å². The molecule has 5 unspecified atom stereocenters. The van der Waals surface area contributed by atoms with Gasteiger partial charge in [0.2, 0.25) is 0 Å². The first-order chi connectivity index (χ1) is 19.2. The predicted octanol–water partition coefficient (Wildman–Crippen LogP) is 5.54. The van der Waals surface area contributed by atoms with Gasteiger partial charge in [0.25, 0.3) is 0 Å². The van der Waals surface area contributed by atoms with Gasteiger partial charge >= 0.3 is 17.9 Å². The highest BCUT2D eigenvalue weighted by Gasteiger charge is 2.56. The van der Waals surface area contributed by atoms with Crippen molar-refractivity contribution in [2.75, 3.05) is 13.2 Å². The molecule has 5 atom stereocenters. The highest BCUT2D eigenvalue weighted by Crippen LogP contribution is 2.61. The number of carbonyl (C=O) groups is 2. The molecule has 6 rings (SSSR count). The second-order valence-electron chi connectivity index (χ2n) is 11.2. The summed E-state index contributed by atoms with van der Waals surface area (Å²) in [5, 5.41) is 24.9. The van der Waals surface area contributed by atoms with E-state index in [4.69, 9.17) is 9.15 Å². The largest absolute Gasteiger partial charge is 0.508 e. The number of benzene rings is 1. The number of amides is 1. The molecular weight excluding hydrogens is 518 g/mol. The van der Waals surface area contributed by atoms with Gasteiger partial charge in [-0.15, -0.1) is 0 Å². The number of esters is 1. The van der Waals surface area contributed by atoms with Gasteiger partial charge in [-0.2, -0.15) is 10.1 Å². The first kappa shape index (κ1) is 27.7. The lowest BCUT2D eigenvalue weighted by Crippen LogP contribution is -2.45. The molecule has 3 fully saturated rings. The number of aryl methyl sites for hydroxylation is 1. The molecule has 1 aliphatic heterocycles. The van der Waals surface area contributed by atoms with Crippen LogP contribution in [0.25, 0.3) is 0 Å². The van der Waals surface area contributed by atoms with Gasteiger partial charge in [0.15, 0.2) is 5.76 Å². The zero-order valence-corrected chi connectivity index (χ0v) is 22.8. The summed E-state index contributed by atoms with van der Waals surface area (Å²) < 4.78 is 15.3. The van der Waals surface area contributed by atoms with E-state index in [0.717, 1.165) is 24.3 Å². The second-order valence-corrected chi connectivity index (χ2v) is 11.2. The Bertz CT molecular complexity index is 1310. The Morgan fingerprint density at radius 3 is 2.80 bits per heavy atom. The molecule has 2 heterocycles. The molecule has 1 N–H and O–H groups in total. The van der Waals surface area contributed by atoms with Gasteiger partial charge in [-0.25, -0.2) is 4.79 Å². The standard InChI is InChI=1S/C21H28O3.C8H7N3O5/c1-3-20(23)24-19-9-8-18-17-6-4-13-12-14(22)5-7-15(13)16(17)10-11-21(18,19)2;12-8-10(3-4-15-8)9-5-6-1-2-7(16-6)11(13)14/h5,7,12,16-19,22H,3-4,6,8-11H2,1-2H3;1-2,5H,3-4H2. The number of carbonyl (C=O) groups excluding carboxylic acids is 2. The summed E-state index contributed by atoms with van der Waals surface area (Å²) in [5.74, 6) is 2.15. The average Bonchev–Trinajstić information content (AvgIpc) is 3.66. The number of nitrogens with zero attached hydrogens (tertiary/aromatic N) is 3. The van der Waals surface area contributed by atoms with Crippen LogP contribution < -0.4 is 0 Å². The Balaban J connectivity index is 0.000000176. The summed E-state index contributed by atoms with van der Waals surface area (Å²) in [6.45, 7) is 4.88. The molecule has 214 valence electrons. The number of hydrogen-bond acceptors (Lipinski definition) is 9. The van der Waals surface area contributed by atoms with Crippen molar-refractivity contribution >= 4 is 24.2 Å². The average molecular weight is 554 g/mol. The maximum atomic E-state index is 11.8. The summed E-state index contributed by atoms with van der Waals surface area (Å²) in [6.07, 6.45) is 8.06. The molecular formula is C29H35N3O8. The smallest absolute Gasteiger partial charge is 0.433 e. The zero-order valence-electron chi connectivity index (χ0n) is 22.8. The maximum Gasteiger partial charge on any atom is 0.433 e. The fourth-order valence-corrected chi connectivity index (χ4v) is 7.08. The summed E-state index contributed by atoms with van der Waals surface area (Å²) >= 11 is 0. The number of hydrazone groups is 1. The van der Waals surface area contributed by atoms with E-state index >= 15 is 0 Å². The molecule has 3 aliphatic carbocycles. The quantitative estimate of drug-likeness (QED) is 0.220. The first-order valence-corrected chi connectivity index (χ1v) is 13.9. The predicted molar refractivity (Wildman–Crippen MR) is 144 cm³/mol. The lowest BCUT2D eigenvalue weighted by atomic mass is 9.55. The molecule has 0 bridgehead atoms. The van der Waals surface area contributed by atoms with E-state index in [9.17, 15) is 24.8 Å². The third-order valence-electron chi connectivity index (χ3n) is 9.04. The van der Waals surface area contributed by atoms with E-state index in [-0.39, 0.29) is 35.7 Å². The Labute approximate surface area is 232 Å². The molecule has 11 heteroatoms.